The summed E-state index contributed by atoms with van der Waals surface area (Å²) in [5.41, 5.74) is 0.517. The van der Waals surface area contributed by atoms with E-state index in [4.69, 9.17) is 27.9 Å². The van der Waals surface area contributed by atoms with Gasteiger partial charge in [-0.15, -0.1) is 0 Å². The molecule has 1 aliphatic rings. The van der Waals surface area contributed by atoms with Gasteiger partial charge in [0, 0.05) is 18.8 Å². The van der Waals surface area contributed by atoms with Crippen molar-refractivity contribution < 1.29 is 17.9 Å². The van der Waals surface area contributed by atoms with E-state index < -0.39 is 15.9 Å². The van der Waals surface area contributed by atoms with E-state index in [2.05, 4.69) is 5.32 Å². The first kappa shape index (κ1) is 20.9. The number of methoxy groups -OCH3 is 1. The molecule has 1 amide bonds. The maximum absolute atomic E-state index is 12.9. The van der Waals surface area contributed by atoms with Gasteiger partial charge in [0.05, 0.1) is 27.6 Å². The van der Waals surface area contributed by atoms with E-state index in [0.29, 0.717) is 29.5 Å². The van der Waals surface area contributed by atoms with Crippen molar-refractivity contribution in [2.45, 2.75) is 24.2 Å². The first-order valence-corrected chi connectivity index (χ1v) is 11.0. The van der Waals surface area contributed by atoms with Crippen molar-refractivity contribution >= 4 is 44.8 Å². The summed E-state index contributed by atoms with van der Waals surface area (Å²) in [7, 11) is -2.17. The Labute approximate surface area is 174 Å². The van der Waals surface area contributed by atoms with Gasteiger partial charge in [0.2, 0.25) is 10.0 Å². The molecule has 0 atom stereocenters. The number of ether oxygens (including phenoxy) is 1. The molecule has 1 N–H and O–H groups in total. The van der Waals surface area contributed by atoms with E-state index in [1.807, 2.05) is 0 Å². The van der Waals surface area contributed by atoms with Crippen molar-refractivity contribution in [2.24, 2.45) is 0 Å². The topological polar surface area (TPSA) is 75.7 Å². The quantitative estimate of drug-likeness (QED) is 0.742. The molecule has 6 nitrogen and oxygen atoms in total. The minimum Gasteiger partial charge on any atom is -0.495 e. The van der Waals surface area contributed by atoms with Crippen molar-refractivity contribution in [2.75, 3.05) is 25.5 Å². The van der Waals surface area contributed by atoms with Crippen LogP contribution in [-0.4, -0.2) is 38.8 Å². The Bertz CT molecular complexity index is 989. The van der Waals surface area contributed by atoms with Crippen LogP contribution in [0.2, 0.25) is 10.0 Å². The van der Waals surface area contributed by atoms with Gasteiger partial charge in [0.1, 0.15) is 5.75 Å². The molecule has 0 saturated carbocycles. The lowest BCUT2D eigenvalue weighted by Gasteiger charge is -2.26. The summed E-state index contributed by atoms with van der Waals surface area (Å²) >= 11 is 12.2. The molecule has 1 aliphatic heterocycles. The van der Waals surface area contributed by atoms with E-state index in [9.17, 15) is 13.2 Å². The minimum absolute atomic E-state index is 0.0525. The molecule has 0 aliphatic carbocycles. The molecule has 1 fully saturated rings. The Hall–Kier alpha value is -1.80. The normalized spacial score (nSPS) is 15.2. The van der Waals surface area contributed by atoms with Gasteiger partial charge in [-0.3, -0.25) is 4.79 Å². The molecule has 2 aromatic rings. The number of hydrogen-bond acceptors (Lipinski definition) is 4. The van der Waals surface area contributed by atoms with Crippen LogP contribution >= 0.6 is 23.2 Å². The molecule has 3 rings (SSSR count). The molecule has 1 heterocycles. The van der Waals surface area contributed by atoms with Crippen molar-refractivity contribution in [3.63, 3.8) is 0 Å². The fourth-order valence-electron chi connectivity index (χ4n) is 3.04. The third kappa shape index (κ3) is 4.43. The summed E-state index contributed by atoms with van der Waals surface area (Å²) in [5, 5.41) is 3.18. The highest BCUT2D eigenvalue weighted by Crippen LogP contribution is 2.29. The summed E-state index contributed by atoms with van der Waals surface area (Å²) in [4.78, 5) is 12.7. The van der Waals surface area contributed by atoms with Crippen LogP contribution in [0.5, 0.6) is 5.75 Å². The number of rotatable bonds is 5. The van der Waals surface area contributed by atoms with Crippen LogP contribution < -0.4 is 10.1 Å². The van der Waals surface area contributed by atoms with Gasteiger partial charge in [-0.25, -0.2) is 8.42 Å². The Balaban J connectivity index is 1.86. The SMILES string of the molecule is COc1ccc(NC(=O)c2cc(S(=O)(=O)N3CCCCC3)ccc2Cl)cc1Cl. The zero-order valence-electron chi connectivity index (χ0n) is 15.2. The predicted octanol–water partition coefficient (Wildman–Crippen LogP) is 4.43. The summed E-state index contributed by atoms with van der Waals surface area (Å²) < 4.78 is 32.3. The zero-order valence-corrected chi connectivity index (χ0v) is 17.6. The molecular weight excluding hydrogens is 423 g/mol. The van der Waals surface area contributed by atoms with Crippen LogP contribution in [0.4, 0.5) is 5.69 Å². The fourth-order valence-corrected chi connectivity index (χ4v) is 5.04. The maximum Gasteiger partial charge on any atom is 0.257 e. The van der Waals surface area contributed by atoms with Crippen LogP contribution in [0, 0.1) is 0 Å². The second kappa shape index (κ2) is 8.69. The fraction of sp³-hybridized carbons (Fsp3) is 0.316. The van der Waals surface area contributed by atoms with Crippen LogP contribution in [0.3, 0.4) is 0 Å². The summed E-state index contributed by atoms with van der Waals surface area (Å²) in [5.74, 6) is -0.0470. The van der Waals surface area contributed by atoms with E-state index in [0.717, 1.165) is 19.3 Å². The number of benzene rings is 2. The molecule has 1 saturated heterocycles. The number of amides is 1. The molecule has 2 aromatic carbocycles. The monoisotopic (exact) mass is 442 g/mol. The number of carbonyl (C=O) groups excluding carboxylic acids is 1. The van der Waals surface area contributed by atoms with Gasteiger partial charge in [0.25, 0.3) is 5.91 Å². The van der Waals surface area contributed by atoms with Crippen molar-refractivity contribution in [1.82, 2.24) is 4.31 Å². The van der Waals surface area contributed by atoms with Gasteiger partial charge < -0.3 is 10.1 Å². The molecule has 9 heteroatoms. The molecular formula is C19H20Cl2N2O4S. The van der Waals surface area contributed by atoms with Crippen molar-refractivity contribution in [1.29, 1.82) is 0 Å². The number of halogens is 2. The highest BCUT2D eigenvalue weighted by molar-refractivity contribution is 7.89. The number of nitrogens with one attached hydrogen (secondary N) is 1. The standard InChI is InChI=1S/C19H20Cl2N2O4S/c1-27-18-8-5-13(11-17(18)21)22-19(24)15-12-14(6-7-16(15)20)28(25,26)23-9-3-2-4-10-23/h5-8,11-12H,2-4,9-10H2,1H3,(H,22,24). The Kier molecular flexibility index (Phi) is 6.50. The second-order valence-corrected chi connectivity index (χ2v) is 9.16. The summed E-state index contributed by atoms with van der Waals surface area (Å²) in [6.45, 7) is 0.966. The minimum atomic E-state index is -3.67. The molecule has 0 radical (unpaired) electrons. The van der Waals surface area contributed by atoms with Crippen LogP contribution in [0.15, 0.2) is 41.3 Å². The lowest BCUT2D eigenvalue weighted by molar-refractivity contribution is 0.102. The second-order valence-electron chi connectivity index (χ2n) is 6.41. The number of nitrogens with zero attached hydrogens (tertiary/aromatic N) is 1. The molecule has 28 heavy (non-hydrogen) atoms. The third-order valence-corrected chi connectivity index (χ3v) is 7.06. The van der Waals surface area contributed by atoms with Crippen LogP contribution in [0.25, 0.3) is 0 Å². The number of anilines is 1. The molecule has 0 unspecified atom stereocenters. The van der Waals surface area contributed by atoms with Crippen LogP contribution in [0.1, 0.15) is 29.6 Å². The number of sulfonamides is 1. The van der Waals surface area contributed by atoms with Gasteiger partial charge in [-0.2, -0.15) is 4.31 Å². The smallest absolute Gasteiger partial charge is 0.257 e. The van der Waals surface area contributed by atoms with Crippen molar-refractivity contribution in [3.8, 4) is 5.75 Å². The van der Waals surface area contributed by atoms with Gasteiger partial charge in [-0.05, 0) is 49.2 Å². The van der Waals surface area contributed by atoms with E-state index in [1.54, 1.807) is 18.2 Å². The maximum atomic E-state index is 12.9. The average Bonchev–Trinajstić information content (AvgIpc) is 2.69. The first-order valence-electron chi connectivity index (χ1n) is 8.77. The molecule has 150 valence electrons. The van der Waals surface area contributed by atoms with Gasteiger partial charge in [-0.1, -0.05) is 29.6 Å². The number of carbonyl (C=O) groups is 1. The lowest BCUT2D eigenvalue weighted by Crippen LogP contribution is -2.35. The van der Waals surface area contributed by atoms with E-state index in [-0.39, 0.29) is 15.5 Å². The summed E-state index contributed by atoms with van der Waals surface area (Å²) in [6.07, 6.45) is 2.68. The Morgan fingerprint density at radius 2 is 1.75 bits per heavy atom. The predicted molar refractivity (Wildman–Crippen MR) is 110 cm³/mol. The highest BCUT2D eigenvalue weighted by Gasteiger charge is 2.27. The zero-order chi connectivity index (χ0) is 20.3. The lowest BCUT2D eigenvalue weighted by atomic mass is 10.2. The Morgan fingerprint density at radius 1 is 1.04 bits per heavy atom. The average molecular weight is 443 g/mol. The molecule has 0 spiro atoms. The number of piperidine rings is 1. The molecule has 0 aromatic heterocycles. The van der Waals surface area contributed by atoms with Gasteiger partial charge >= 0.3 is 0 Å². The Morgan fingerprint density at radius 3 is 2.39 bits per heavy atom. The van der Waals surface area contributed by atoms with Crippen LogP contribution in [-0.2, 0) is 10.0 Å². The third-order valence-electron chi connectivity index (χ3n) is 4.54. The van der Waals surface area contributed by atoms with Crippen molar-refractivity contribution in [3.05, 3.63) is 52.0 Å². The van der Waals surface area contributed by atoms with Gasteiger partial charge in [0.15, 0.2) is 0 Å². The first-order chi connectivity index (χ1) is 13.3. The largest absolute Gasteiger partial charge is 0.495 e. The number of hydrogen-bond donors (Lipinski definition) is 1. The summed E-state index contributed by atoms with van der Waals surface area (Å²) in [6, 6.07) is 8.95. The van der Waals surface area contributed by atoms with E-state index >= 15 is 0 Å². The van der Waals surface area contributed by atoms with E-state index in [1.165, 1.54) is 29.6 Å². The molecule has 0 bridgehead atoms. The highest BCUT2D eigenvalue weighted by atomic mass is 35.5.